The Bertz CT molecular complexity index is 1700. The van der Waals surface area contributed by atoms with Gasteiger partial charge in [-0.1, -0.05) is 57.0 Å². The number of hydrogen-bond donors (Lipinski definition) is 3. The lowest BCUT2D eigenvalue weighted by atomic mass is 9.99. The second-order valence-electron chi connectivity index (χ2n) is 13.0. The number of esters is 1. The van der Waals surface area contributed by atoms with Gasteiger partial charge in [0.25, 0.3) is 10.0 Å². The average molecular weight is 677 g/mol. The average Bonchev–Trinajstić information content (AvgIpc) is 3.50. The predicted molar refractivity (Wildman–Crippen MR) is 194 cm³/mol. The summed E-state index contributed by atoms with van der Waals surface area (Å²) in [6.45, 7) is 12.8. The van der Waals surface area contributed by atoms with Crippen molar-refractivity contribution in [2.24, 2.45) is 0 Å². The summed E-state index contributed by atoms with van der Waals surface area (Å²) in [5.74, 6) is -0.293. The maximum Gasteiger partial charge on any atom is 0.338 e. The number of carbonyl (C=O) groups is 1. The van der Waals surface area contributed by atoms with Gasteiger partial charge in [0.15, 0.2) is 0 Å². The summed E-state index contributed by atoms with van der Waals surface area (Å²) in [4.78, 5) is 15.4. The van der Waals surface area contributed by atoms with Crippen molar-refractivity contribution in [1.29, 1.82) is 0 Å². The number of nitrogens with zero attached hydrogens (tertiary/aromatic N) is 2. The van der Waals surface area contributed by atoms with Crippen LogP contribution in [-0.4, -0.2) is 67.3 Å². The van der Waals surface area contributed by atoms with E-state index in [9.17, 15) is 18.3 Å². The fraction of sp³-hybridized carbons (Fsp3) is 0.447. The van der Waals surface area contributed by atoms with Crippen molar-refractivity contribution in [2.45, 2.75) is 82.9 Å². The number of aliphatic hydroxyl groups is 1. The molecule has 260 valence electrons. The van der Waals surface area contributed by atoms with Crippen molar-refractivity contribution in [3.63, 3.8) is 0 Å². The number of β-amino-alcohol motifs (C(OH)–C–C–N with tert-alkyl or cyclic N) is 1. The highest BCUT2D eigenvalue weighted by Gasteiger charge is 2.21. The van der Waals surface area contributed by atoms with Crippen LogP contribution in [0.1, 0.15) is 81.8 Å². The molecule has 0 radical (unpaired) electrons. The first kappa shape index (κ1) is 37.1. The zero-order chi connectivity index (χ0) is 34.6. The molecule has 0 aliphatic heterocycles. The van der Waals surface area contributed by atoms with E-state index in [2.05, 4.69) is 47.2 Å². The maximum atomic E-state index is 12.8. The van der Waals surface area contributed by atoms with Crippen molar-refractivity contribution in [2.75, 3.05) is 37.5 Å². The zero-order valence-corrected chi connectivity index (χ0v) is 29.6. The molecule has 3 aromatic carbocycles. The van der Waals surface area contributed by atoms with Gasteiger partial charge in [-0.15, -0.1) is 0 Å². The van der Waals surface area contributed by atoms with Gasteiger partial charge in [0, 0.05) is 48.0 Å². The smallest absolute Gasteiger partial charge is 0.338 e. The molecule has 0 spiro atoms. The maximum absolute atomic E-state index is 12.8. The van der Waals surface area contributed by atoms with Crippen LogP contribution in [0.15, 0.2) is 90.0 Å². The van der Waals surface area contributed by atoms with E-state index in [0.29, 0.717) is 30.0 Å². The van der Waals surface area contributed by atoms with Crippen LogP contribution in [0.5, 0.6) is 0 Å². The Morgan fingerprint density at radius 2 is 1.67 bits per heavy atom. The van der Waals surface area contributed by atoms with Gasteiger partial charge < -0.3 is 19.7 Å². The Kier molecular flexibility index (Phi) is 13.6. The Morgan fingerprint density at radius 3 is 2.38 bits per heavy atom. The quantitative estimate of drug-likeness (QED) is 0.0865. The summed E-state index contributed by atoms with van der Waals surface area (Å²) in [6.07, 6.45) is 6.60. The Hall–Kier alpha value is -3.70. The Balaban J connectivity index is 1.27. The van der Waals surface area contributed by atoms with Crippen molar-refractivity contribution in [1.82, 2.24) is 14.8 Å². The topological polar surface area (TPSA) is 113 Å². The van der Waals surface area contributed by atoms with Crippen LogP contribution in [-0.2, 0) is 21.3 Å². The molecule has 0 bridgehead atoms. The normalized spacial score (nSPS) is 12.8. The van der Waals surface area contributed by atoms with E-state index >= 15 is 0 Å². The highest BCUT2D eigenvalue weighted by Crippen LogP contribution is 2.23. The van der Waals surface area contributed by atoms with Gasteiger partial charge in [0.05, 0.1) is 16.6 Å². The third-order valence-electron chi connectivity index (χ3n) is 8.63. The summed E-state index contributed by atoms with van der Waals surface area (Å²) < 4.78 is 35.9. The molecule has 0 aliphatic rings. The highest BCUT2D eigenvalue weighted by molar-refractivity contribution is 7.92. The van der Waals surface area contributed by atoms with Crippen molar-refractivity contribution < 1.29 is 23.1 Å². The first-order chi connectivity index (χ1) is 23.0. The van der Waals surface area contributed by atoms with Gasteiger partial charge in [-0.05, 0) is 100 Å². The van der Waals surface area contributed by atoms with Crippen LogP contribution >= 0.6 is 0 Å². The highest BCUT2D eigenvalue weighted by atomic mass is 32.2. The lowest BCUT2D eigenvalue weighted by Gasteiger charge is -2.28. The first-order valence-electron chi connectivity index (χ1n) is 17.1. The lowest BCUT2D eigenvalue weighted by Crippen LogP contribution is -2.42. The molecule has 0 aliphatic carbocycles. The number of sulfonamides is 1. The van der Waals surface area contributed by atoms with Crippen LogP contribution in [0.4, 0.5) is 5.69 Å². The summed E-state index contributed by atoms with van der Waals surface area (Å²) in [6, 6.07) is 22.8. The van der Waals surface area contributed by atoms with Gasteiger partial charge in [-0.2, -0.15) is 0 Å². The molecule has 0 saturated carbocycles. The summed E-state index contributed by atoms with van der Waals surface area (Å²) in [7, 11) is -3.73. The minimum Gasteiger partial charge on any atom is -0.461 e. The predicted octanol–water partition coefficient (Wildman–Crippen LogP) is 6.99. The van der Waals surface area contributed by atoms with Crippen molar-refractivity contribution in [3.05, 3.63) is 96.2 Å². The van der Waals surface area contributed by atoms with E-state index in [4.69, 9.17) is 4.74 Å². The molecule has 0 fully saturated rings. The van der Waals surface area contributed by atoms with E-state index in [0.717, 1.165) is 69.2 Å². The molecule has 0 saturated heterocycles. The van der Waals surface area contributed by atoms with Gasteiger partial charge in [0.1, 0.15) is 6.61 Å². The molecule has 0 amide bonds. The molecule has 4 aromatic rings. The number of rotatable bonds is 20. The van der Waals surface area contributed by atoms with Gasteiger partial charge in [-0.3, -0.25) is 9.62 Å². The van der Waals surface area contributed by atoms with E-state index in [1.165, 1.54) is 12.1 Å². The standard InChI is InChI=1S/C38H52N4O5S/c1-5-7-21-41(22-8-6-2)25-26-47-37(44)32-17-18-35-30(27-32)19-23-42(35)24-20-38(3,4)39-29-36(43)31-13-12-14-33(28-31)40-48(45,46)34-15-10-9-11-16-34/h9-19,23,27-28,36,39-40,43H,5-8,20-22,24-26,29H2,1-4H3/t36-/m0/s1. The van der Waals surface area contributed by atoms with E-state index in [1.54, 1.807) is 42.5 Å². The monoisotopic (exact) mass is 676 g/mol. The minimum absolute atomic E-state index is 0.176. The Labute approximate surface area is 286 Å². The number of hydrogen-bond acceptors (Lipinski definition) is 7. The molecule has 1 heterocycles. The lowest BCUT2D eigenvalue weighted by molar-refractivity contribution is 0.0460. The fourth-order valence-corrected chi connectivity index (χ4v) is 6.64. The number of carbonyl (C=O) groups excluding carboxylic acids is 1. The number of aromatic nitrogens is 1. The number of aliphatic hydroxyl groups excluding tert-OH is 1. The van der Waals surface area contributed by atoms with Gasteiger partial charge >= 0.3 is 5.97 Å². The molecule has 1 atom stereocenters. The number of fused-ring (bicyclic) bond motifs is 1. The summed E-state index contributed by atoms with van der Waals surface area (Å²) in [5.41, 5.74) is 2.31. The second-order valence-corrected chi connectivity index (χ2v) is 14.7. The molecule has 9 nitrogen and oxygen atoms in total. The van der Waals surface area contributed by atoms with E-state index < -0.39 is 16.1 Å². The molecule has 48 heavy (non-hydrogen) atoms. The van der Waals surface area contributed by atoms with Crippen LogP contribution in [0.25, 0.3) is 10.9 Å². The molecule has 10 heteroatoms. The third-order valence-corrected chi connectivity index (χ3v) is 10.0. The number of ether oxygens (including phenoxy) is 1. The van der Waals surface area contributed by atoms with E-state index in [-0.39, 0.29) is 16.4 Å². The number of aryl methyl sites for hydroxylation is 1. The molecule has 3 N–H and O–H groups in total. The van der Waals surface area contributed by atoms with Crippen LogP contribution in [0.3, 0.4) is 0 Å². The minimum atomic E-state index is -3.73. The molecular formula is C38H52N4O5S. The third kappa shape index (κ3) is 10.9. The molecule has 4 rings (SSSR count). The van der Waals surface area contributed by atoms with Crippen molar-refractivity contribution >= 4 is 32.6 Å². The SMILES string of the molecule is CCCCN(CCCC)CCOC(=O)c1ccc2c(ccn2CCC(C)(C)NC[C@H](O)c2cccc(NS(=O)(=O)c3ccccc3)c2)c1. The van der Waals surface area contributed by atoms with Crippen LogP contribution < -0.4 is 10.0 Å². The second kappa shape index (κ2) is 17.6. The van der Waals surface area contributed by atoms with Crippen molar-refractivity contribution in [3.8, 4) is 0 Å². The summed E-state index contributed by atoms with van der Waals surface area (Å²) in [5, 5.41) is 15.4. The van der Waals surface area contributed by atoms with Gasteiger partial charge in [0.2, 0.25) is 0 Å². The van der Waals surface area contributed by atoms with E-state index in [1.807, 2.05) is 30.5 Å². The number of nitrogens with one attached hydrogen (secondary N) is 2. The first-order valence-corrected chi connectivity index (χ1v) is 18.6. The number of unbranched alkanes of at least 4 members (excludes halogenated alkanes) is 2. The zero-order valence-electron chi connectivity index (χ0n) is 28.8. The molecule has 0 unspecified atom stereocenters. The largest absolute Gasteiger partial charge is 0.461 e. The number of benzene rings is 3. The number of anilines is 1. The fourth-order valence-electron chi connectivity index (χ4n) is 5.57. The van der Waals surface area contributed by atoms with Crippen LogP contribution in [0, 0.1) is 0 Å². The summed E-state index contributed by atoms with van der Waals surface area (Å²) >= 11 is 0. The van der Waals surface area contributed by atoms with Gasteiger partial charge in [-0.25, -0.2) is 13.2 Å². The molecular weight excluding hydrogens is 625 g/mol. The van der Waals surface area contributed by atoms with Crippen LogP contribution in [0.2, 0.25) is 0 Å². The Morgan fingerprint density at radius 1 is 0.938 bits per heavy atom. The molecule has 1 aromatic heterocycles.